The van der Waals surface area contributed by atoms with Gasteiger partial charge in [0, 0.05) is 53.1 Å². The average molecular weight is 579 g/mol. The highest BCUT2D eigenvalue weighted by Crippen LogP contribution is 2.38. The molecule has 1 heterocycles. The molecule has 0 fully saturated rings. The number of Topliss-reactive ketones (excluding diaryl/α,β-unsaturated/α-hetero) is 1. The summed E-state index contributed by atoms with van der Waals surface area (Å²) in [5.74, 6) is -0.601. The normalized spacial score (nSPS) is 13.5. The molecule has 4 rings (SSSR count). The number of methoxy groups -OCH3 is 1. The predicted octanol–water partition coefficient (Wildman–Crippen LogP) is 7.00. The fraction of sp³-hybridized carbons (Fsp3) is 0.310. The third kappa shape index (κ3) is 6.85. The molecule has 1 N–H and O–H groups in total. The number of nitrogens with zero attached hydrogens (tertiary/aromatic N) is 1. The molecule has 0 aliphatic carbocycles. The molecule has 1 aliphatic heterocycles. The van der Waals surface area contributed by atoms with Gasteiger partial charge in [-0.1, -0.05) is 23.7 Å². The van der Waals surface area contributed by atoms with Gasteiger partial charge in [0.1, 0.15) is 29.1 Å². The maximum absolute atomic E-state index is 15.1. The summed E-state index contributed by atoms with van der Waals surface area (Å²) in [5.41, 5.74) is 0.131. The Kier molecular flexibility index (Phi) is 8.88. The van der Waals surface area contributed by atoms with Gasteiger partial charge < -0.3 is 24.5 Å². The molecule has 1 unspecified atom stereocenters. The van der Waals surface area contributed by atoms with Crippen molar-refractivity contribution in [2.45, 2.75) is 38.4 Å². The first-order chi connectivity index (χ1) is 19.0. The van der Waals surface area contributed by atoms with Crippen molar-refractivity contribution in [3.63, 3.8) is 0 Å². The molecule has 1 aliphatic rings. The van der Waals surface area contributed by atoms with Gasteiger partial charge in [-0.2, -0.15) is 13.2 Å². The third-order valence-corrected chi connectivity index (χ3v) is 6.70. The number of hydrogen-bond acceptors (Lipinski definition) is 5. The van der Waals surface area contributed by atoms with Gasteiger partial charge in [0.25, 0.3) is 5.91 Å². The molecule has 3 aromatic carbocycles. The van der Waals surface area contributed by atoms with Gasteiger partial charge in [-0.3, -0.25) is 4.79 Å². The van der Waals surface area contributed by atoms with Crippen LogP contribution in [0, 0.1) is 5.82 Å². The monoisotopic (exact) mass is 578 g/mol. The van der Waals surface area contributed by atoms with Crippen molar-refractivity contribution in [1.29, 1.82) is 0 Å². The van der Waals surface area contributed by atoms with Crippen LogP contribution in [0.1, 0.15) is 42.5 Å². The number of amides is 1. The Hall–Kier alpha value is -3.79. The second-order valence-electron chi connectivity index (χ2n) is 9.38. The van der Waals surface area contributed by atoms with Crippen molar-refractivity contribution in [2.24, 2.45) is 0 Å². The summed E-state index contributed by atoms with van der Waals surface area (Å²) in [5, 5.41) is 3.14. The molecule has 11 heteroatoms. The number of alkyl halides is 3. The SMILES string of the molecule is COc1cc(NC(C(=O)N2CCc3ccc(C(F)(F)F)cc32)c2ccc(Cl)cc2F)cc(OCCCC(C)=O)c1. The molecule has 212 valence electrons. The van der Waals surface area contributed by atoms with Gasteiger partial charge in [0.15, 0.2) is 0 Å². The number of anilines is 2. The summed E-state index contributed by atoms with van der Waals surface area (Å²) in [6.45, 7) is 1.88. The predicted molar refractivity (Wildman–Crippen MR) is 144 cm³/mol. The molecule has 40 heavy (non-hydrogen) atoms. The Morgan fingerprint density at radius 1 is 1.07 bits per heavy atom. The van der Waals surface area contributed by atoms with E-state index in [1.54, 1.807) is 18.2 Å². The molecule has 3 aromatic rings. The third-order valence-electron chi connectivity index (χ3n) is 6.46. The summed E-state index contributed by atoms with van der Waals surface area (Å²) in [6, 6.07) is 10.6. The van der Waals surface area contributed by atoms with Crippen LogP contribution in [0.5, 0.6) is 11.5 Å². The number of benzene rings is 3. The highest BCUT2D eigenvalue weighted by Gasteiger charge is 2.36. The number of ketones is 1. The number of hydrogen-bond donors (Lipinski definition) is 1. The quantitative estimate of drug-likeness (QED) is 0.207. The van der Waals surface area contributed by atoms with Gasteiger partial charge in [0.2, 0.25) is 0 Å². The van der Waals surface area contributed by atoms with Crippen LogP contribution in [-0.4, -0.2) is 32.0 Å². The van der Waals surface area contributed by atoms with E-state index in [0.29, 0.717) is 42.0 Å². The van der Waals surface area contributed by atoms with Crippen molar-refractivity contribution in [1.82, 2.24) is 0 Å². The van der Waals surface area contributed by atoms with Gasteiger partial charge in [-0.25, -0.2) is 4.39 Å². The first-order valence-corrected chi connectivity index (χ1v) is 12.9. The van der Waals surface area contributed by atoms with Crippen LogP contribution in [0.15, 0.2) is 54.6 Å². The molecule has 6 nitrogen and oxygen atoms in total. The van der Waals surface area contributed by atoms with E-state index in [1.807, 2.05) is 0 Å². The fourth-order valence-corrected chi connectivity index (χ4v) is 4.64. The van der Waals surface area contributed by atoms with Crippen LogP contribution in [-0.2, 0) is 22.2 Å². The van der Waals surface area contributed by atoms with E-state index in [-0.39, 0.29) is 35.2 Å². The lowest BCUT2D eigenvalue weighted by Crippen LogP contribution is -2.37. The molecule has 1 atom stereocenters. The van der Waals surface area contributed by atoms with E-state index in [4.69, 9.17) is 21.1 Å². The van der Waals surface area contributed by atoms with Crippen LogP contribution in [0.3, 0.4) is 0 Å². The molecule has 0 radical (unpaired) electrons. The minimum Gasteiger partial charge on any atom is -0.497 e. The zero-order valence-electron chi connectivity index (χ0n) is 21.8. The maximum atomic E-state index is 15.1. The van der Waals surface area contributed by atoms with Crippen LogP contribution >= 0.6 is 11.6 Å². The maximum Gasteiger partial charge on any atom is 0.416 e. The standard InChI is InChI=1S/C29H27ClF4N2O4/c1-17(37)4-3-11-40-23-15-21(14-22(16-23)39-2)35-27(24-8-7-20(30)13-25(24)31)28(38)36-10-9-18-5-6-19(12-26(18)36)29(32,33)34/h5-8,12-16,27,35H,3-4,9-11H2,1-2H3. The lowest BCUT2D eigenvalue weighted by atomic mass is 10.0. The fourth-order valence-electron chi connectivity index (χ4n) is 4.48. The van der Waals surface area contributed by atoms with Crippen molar-refractivity contribution in [3.05, 3.63) is 82.1 Å². The molecular formula is C29H27ClF4N2O4. The molecule has 0 saturated carbocycles. The van der Waals surface area contributed by atoms with E-state index in [0.717, 1.165) is 18.2 Å². The van der Waals surface area contributed by atoms with Crippen molar-refractivity contribution < 1.29 is 36.6 Å². The number of carbonyl (C=O) groups excluding carboxylic acids is 2. The van der Waals surface area contributed by atoms with Crippen LogP contribution < -0.4 is 19.7 Å². The Balaban J connectivity index is 1.69. The minimum atomic E-state index is -4.59. The topological polar surface area (TPSA) is 67.9 Å². The summed E-state index contributed by atoms with van der Waals surface area (Å²) in [6.07, 6.45) is -3.38. The highest BCUT2D eigenvalue weighted by molar-refractivity contribution is 6.30. The zero-order chi connectivity index (χ0) is 29.0. The van der Waals surface area contributed by atoms with Crippen molar-refractivity contribution >= 4 is 34.7 Å². The number of fused-ring (bicyclic) bond motifs is 1. The number of nitrogens with one attached hydrogen (secondary N) is 1. The van der Waals surface area contributed by atoms with Crippen LogP contribution in [0.25, 0.3) is 0 Å². The second kappa shape index (κ2) is 12.2. The smallest absolute Gasteiger partial charge is 0.416 e. The summed E-state index contributed by atoms with van der Waals surface area (Å²) >= 11 is 5.94. The van der Waals surface area contributed by atoms with E-state index in [1.165, 1.54) is 37.1 Å². The van der Waals surface area contributed by atoms with E-state index in [2.05, 4.69) is 5.32 Å². The Morgan fingerprint density at radius 2 is 1.82 bits per heavy atom. The summed E-state index contributed by atoms with van der Waals surface area (Å²) in [4.78, 5) is 26.4. The molecule has 0 bridgehead atoms. The number of carbonyl (C=O) groups is 2. The van der Waals surface area contributed by atoms with Crippen LogP contribution in [0.4, 0.5) is 28.9 Å². The number of rotatable bonds is 10. The lowest BCUT2D eigenvalue weighted by molar-refractivity contribution is -0.137. The minimum absolute atomic E-state index is 0.0359. The van der Waals surface area contributed by atoms with Crippen molar-refractivity contribution in [2.75, 3.05) is 30.5 Å². The Bertz CT molecular complexity index is 1410. The van der Waals surface area contributed by atoms with E-state index < -0.39 is 29.5 Å². The van der Waals surface area contributed by atoms with Crippen molar-refractivity contribution in [3.8, 4) is 11.5 Å². The van der Waals surface area contributed by atoms with Gasteiger partial charge in [0.05, 0.1) is 19.3 Å². The average Bonchev–Trinajstić information content (AvgIpc) is 3.32. The molecule has 1 amide bonds. The van der Waals surface area contributed by atoms with E-state index >= 15 is 4.39 Å². The summed E-state index contributed by atoms with van der Waals surface area (Å²) < 4.78 is 66.5. The van der Waals surface area contributed by atoms with Crippen LogP contribution in [0.2, 0.25) is 5.02 Å². The summed E-state index contributed by atoms with van der Waals surface area (Å²) in [7, 11) is 1.44. The number of halogens is 5. The highest BCUT2D eigenvalue weighted by atomic mass is 35.5. The second-order valence-corrected chi connectivity index (χ2v) is 9.81. The van der Waals surface area contributed by atoms with Gasteiger partial charge in [-0.15, -0.1) is 0 Å². The molecule has 0 saturated heterocycles. The Labute approximate surface area is 233 Å². The molecule has 0 aromatic heterocycles. The number of ether oxygens (including phenoxy) is 2. The first kappa shape index (κ1) is 29.2. The zero-order valence-corrected chi connectivity index (χ0v) is 22.5. The molecule has 0 spiro atoms. The molecular weight excluding hydrogens is 552 g/mol. The van der Waals surface area contributed by atoms with Gasteiger partial charge in [-0.05, 0) is 49.6 Å². The first-order valence-electron chi connectivity index (χ1n) is 12.5. The lowest BCUT2D eigenvalue weighted by Gasteiger charge is -2.27. The van der Waals surface area contributed by atoms with Gasteiger partial charge >= 0.3 is 6.18 Å². The largest absolute Gasteiger partial charge is 0.497 e. The van der Waals surface area contributed by atoms with E-state index in [9.17, 15) is 22.8 Å². The Morgan fingerprint density at radius 3 is 2.50 bits per heavy atom.